The number of aryl methyl sites for hydroxylation is 1. The molecule has 0 aliphatic heterocycles. The lowest BCUT2D eigenvalue weighted by molar-refractivity contribution is 0.239. The van der Waals surface area contributed by atoms with E-state index in [0.717, 1.165) is 5.69 Å². The van der Waals surface area contributed by atoms with E-state index >= 15 is 0 Å². The number of aromatic nitrogens is 1. The van der Waals surface area contributed by atoms with Crippen molar-refractivity contribution in [3.8, 4) is 5.75 Å². The summed E-state index contributed by atoms with van der Waals surface area (Å²) >= 11 is 0. The number of ether oxygens (including phenoxy) is 1. The van der Waals surface area contributed by atoms with E-state index in [1.165, 1.54) is 0 Å². The lowest BCUT2D eigenvalue weighted by Crippen LogP contribution is -2.20. The average Bonchev–Trinajstić information content (AvgIpc) is 2.01. The highest BCUT2D eigenvalue weighted by Gasteiger charge is 2.09. The van der Waals surface area contributed by atoms with Gasteiger partial charge in [-0.2, -0.15) is 0 Å². The molecule has 14 heavy (non-hydrogen) atoms. The van der Waals surface area contributed by atoms with Crippen molar-refractivity contribution in [2.75, 3.05) is 0 Å². The quantitative estimate of drug-likeness (QED) is 0.755. The summed E-state index contributed by atoms with van der Waals surface area (Å²) in [6.45, 7) is 5.83. The van der Waals surface area contributed by atoms with Gasteiger partial charge >= 0.3 is 0 Å². The molecule has 0 aromatic carbocycles. The Morgan fingerprint density at radius 2 is 2.21 bits per heavy atom. The van der Waals surface area contributed by atoms with Crippen LogP contribution in [0.15, 0.2) is 10.9 Å². The molecule has 4 heteroatoms. The second kappa shape index (κ2) is 4.28. The van der Waals surface area contributed by atoms with Gasteiger partial charge in [-0.3, -0.25) is 4.79 Å². The number of nitrogens with two attached hydrogens (primary N) is 1. The molecule has 1 aromatic heterocycles. The Morgan fingerprint density at radius 3 is 2.71 bits per heavy atom. The van der Waals surface area contributed by atoms with E-state index in [0.29, 0.717) is 11.3 Å². The topological polar surface area (TPSA) is 68.1 Å². The van der Waals surface area contributed by atoms with Gasteiger partial charge in [-0.15, -0.1) is 0 Å². The Kier molecular flexibility index (Phi) is 3.30. The number of hydrogen-bond acceptors (Lipinski definition) is 3. The normalized spacial score (nSPS) is 10.6. The molecule has 0 aliphatic rings. The minimum absolute atomic E-state index is 0.0431. The third kappa shape index (κ3) is 2.35. The van der Waals surface area contributed by atoms with Crippen LogP contribution in [0.2, 0.25) is 0 Å². The zero-order valence-electron chi connectivity index (χ0n) is 8.76. The Hall–Kier alpha value is -1.29. The van der Waals surface area contributed by atoms with Crippen LogP contribution < -0.4 is 16.0 Å². The minimum atomic E-state index is -0.164. The third-order valence-corrected chi connectivity index (χ3v) is 1.80. The van der Waals surface area contributed by atoms with Crippen molar-refractivity contribution in [2.24, 2.45) is 5.73 Å². The van der Waals surface area contributed by atoms with E-state index < -0.39 is 0 Å². The molecule has 3 N–H and O–H groups in total. The standard InChI is InChI=1S/C10H16N2O2/c1-6(2)14-9-4-7(3)12-10(13)8(9)5-11/h4,6H,5,11H2,1-3H3,(H,12,13). The Balaban J connectivity index is 3.18. The number of nitrogens with one attached hydrogen (secondary N) is 1. The highest BCUT2D eigenvalue weighted by molar-refractivity contribution is 5.32. The molecule has 0 radical (unpaired) electrons. The predicted molar refractivity (Wildman–Crippen MR) is 55.5 cm³/mol. The van der Waals surface area contributed by atoms with E-state index in [1.807, 2.05) is 20.8 Å². The van der Waals surface area contributed by atoms with E-state index in [9.17, 15) is 4.79 Å². The average molecular weight is 196 g/mol. The van der Waals surface area contributed by atoms with Crippen LogP contribution in [0.5, 0.6) is 5.75 Å². The maximum absolute atomic E-state index is 11.5. The van der Waals surface area contributed by atoms with Gasteiger partial charge in [0.1, 0.15) is 5.75 Å². The van der Waals surface area contributed by atoms with Gasteiger partial charge in [0.05, 0.1) is 11.7 Å². The molecule has 0 aliphatic carbocycles. The van der Waals surface area contributed by atoms with Crippen molar-refractivity contribution in [1.29, 1.82) is 0 Å². The Bertz CT molecular complexity index is 369. The first-order valence-corrected chi connectivity index (χ1v) is 4.64. The van der Waals surface area contributed by atoms with Crippen LogP contribution in [0.25, 0.3) is 0 Å². The number of H-pyrrole nitrogens is 1. The molecule has 0 spiro atoms. The van der Waals surface area contributed by atoms with Gasteiger partial charge in [-0.05, 0) is 26.8 Å². The molecule has 0 amide bonds. The van der Waals surface area contributed by atoms with Crippen molar-refractivity contribution in [2.45, 2.75) is 33.4 Å². The Morgan fingerprint density at radius 1 is 1.57 bits per heavy atom. The summed E-state index contributed by atoms with van der Waals surface area (Å²) in [7, 11) is 0. The predicted octanol–water partition coefficient (Wildman–Crippen LogP) is 0.929. The molecular formula is C10H16N2O2. The molecule has 0 bridgehead atoms. The van der Waals surface area contributed by atoms with Crippen LogP contribution in [0.1, 0.15) is 25.1 Å². The maximum atomic E-state index is 11.5. The largest absolute Gasteiger partial charge is 0.490 e. The second-order valence-corrected chi connectivity index (χ2v) is 3.50. The number of aromatic amines is 1. The monoisotopic (exact) mass is 196 g/mol. The molecule has 1 heterocycles. The van der Waals surface area contributed by atoms with Gasteiger partial charge in [0.2, 0.25) is 0 Å². The van der Waals surface area contributed by atoms with Crippen molar-refractivity contribution >= 4 is 0 Å². The lowest BCUT2D eigenvalue weighted by Gasteiger charge is -2.13. The molecule has 4 nitrogen and oxygen atoms in total. The molecule has 0 fully saturated rings. The molecule has 0 saturated heterocycles. The summed E-state index contributed by atoms with van der Waals surface area (Å²) in [6.07, 6.45) is 0.0431. The zero-order chi connectivity index (χ0) is 10.7. The van der Waals surface area contributed by atoms with Crippen LogP contribution in [0, 0.1) is 6.92 Å². The minimum Gasteiger partial charge on any atom is -0.490 e. The first-order chi connectivity index (χ1) is 6.54. The zero-order valence-corrected chi connectivity index (χ0v) is 8.76. The third-order valence-electron chi connectivity index (χ3n) is 1.80. The van der Waals surface area contributed by atoms with Crippen LogP contribution in [-0.4, -0.2) is 11.1 Å². The van der Waals surface area contributed by atoms with E-state index in [4.69, 9.17) is 10.5 Å². The fraction of sp³-hybridized carbons (Fsp3) is 0.500. The van der Waals surface area contributed by atoms with Gasteiger partial charge in [-0.25, -0.2) is 0 Å². The SMILES string of the molecule is Cc1cc(OC(C)C)c(CN)c(=O)[nH]1. The molecular weight excluding hydrogens is 180 g/mol. The van der Waals surface area contributed by atoms with E-state index in [1.54, 1.807) is 6.07 Å². The Labute approximate surface area is 83.1 Å². The van der Waals surface area contributed by atoms with Gasteiger partial charge in [-0.1, -0.05) is 0 Å². The maximum Gasteiger partial charge on any atom is 0.256 e. The molecule has 1 rings (SSSR count). The van der Waals surface area contributed by atoms with Crippen LogP contribution >= 0.6 is 0 Å². The van der Waals surface area contributed by atoms with Gasteiger partial charge in [0, 0.05) is 12.2 Å². The fourth-order valence-corrected chi connectivity index (χ4v) is 1.24. The number of pyridine rings is 1. The van der Waals surface area contributed by atoms with Gasteiger partial charge < -0.3 is 15.5 Å². The van der Waals surface area contributed by atoms with Crippen LogP contribution in [0.4, 0.5) is 0 Å². The van der Waals surface area contributed by atoms with Gasteiger partial charge in [0.25, 0.3) is 5.56 Å². The summed E-state index contributed by atoms with van der Waals surface area (Å²) in [5.74, 6) is 0.587. The summed E-state index contributed by atoms with van der Waals surface area (Å²) in [6, 6.07) is 1.80. The summed E-state index contributed by atoms with van der Waals surface area (Å²) in [5.41, 5.74) is 6.60. The second-order valence-electron chi connectivity index (χ2n) is 3.50. The number of hydrogen-bond donors (Lipinski definition) is 2. The van der Waals surface area contributed by atoms with Crippen LogP contribution in [0.3, 0.4) is 0 Å². The molecule has 1 aromatic rings. The first-order valence-electron chi connectivity index (χ1n) is 4.64. The number of rotatable bonds is 3. The molecule has 0 unspecified atom stereocenters. The van der Waals surface area contributed by atoms with Crippen molar-refractivity contribution < 1.29 is 4.74 Å². The fourth-order valence-electron chi connectivity index (χ4n) is 1.24. The first kappa shape index (κ1) is 10.8. The summed E-state index contributed by atoms with van der Waals surface area (Å²) < 4.78 is 5.50. The van der Waals surface area contributed by atoms with Crippen LogP contribution in [-0.2, 0) is 6.54 Å². The lowest BCUT2D eigenvalue weighted by atomic mass is 10.2. The molecule has 0 atom stereocenters. The summed E-state index contributed by atoms with van der Waals surface area (Å²) in [4.78, 5) is 14.1. The van der Waals surface area contributed by atoms with Crippen molar-refractivity contribution in [1.82, 2.24) is 4.98 Å². The summed E-state index contributed by atoms with van der Waals surface area (Å²) in [5, 5.41) is 0. The van der Waals surface area contributed by atoms with E-state index in [-0.39, 0.29) is 18.2 Å². The van der Waals surface area contributed by atoms with E-state index in [2.05, 4.69) is 4.98 Å². The molecule has 0 saturated carbocycles. The smallest absolute Gasteiger partial charge is 0.256 e. The highest BCUT2D eigenvalue weighted by atomic mass is 16.5. The molecule has 78 valence electrons. The highest BCUT2D eigenvalue weighted by Crippen LogP contribution is 2.16. The van der Waals surface area contributed by atoms with Crippen molar-refractivity contribution in [3.05, 3.63) is 27.7 Å². The van der Waals surface area contributed by atoms with Crippen molar-refractivity contribution in [3.63, 3.8) is 0 Å². The van der Waals surface area contributed by atoms with Gasteiger partial charge in [0.15, 0.2) is 0 Å².